The maximum absolute atomic E-state index is 11.1. The first-order valence-electron chi connectivity index (χ1n) is 7.18. The Labute approximate surface area is 119 Å². The molecule has 0 spiro atoms. The first-order chi connectivity index (χ1) is 9.54. The summed E-state index contributed by atoms with van der Waals surface area (Å²) in [4.78, 5) is 16.9. The summed E-state index contributed by atoms with van der Waals surface area (Å²) in [5.41, 5.74) is 0. The van der Waals surface area contributed by atoms with Gasteiger partial charge in [0.05, 0.1) is 0 Å². The number of hydrogen-bond donors (Lipinski definition) is 1. The van der Waals surface area contributed by atoms with Crippen molar-refractivity contribution in [2.24, 2.45) is 13.0 Å². The summed E-state index contributed by atoms with van der Waals surface area (Å²) >= 11 is 0. The van der Waals surface area contributed by atoms with Crippen molar-refractivity contribution < 1.29 is 4.92 Å². The minimum atomic E-state index is -0.382. The molecule has 1 saturated heterocycles. The molecular weight excluding hydrogens is 258 g/mol. The lowest BCUT2D eigenvalue weighted by Crippen LogP contribution is -2.38. The first-order valence-corrected chi connectivity index (χ1v) is 7.18. The molecule has 1 N–H and O–H groups in total. The zero-order valence-corrected chi connectivity index (χ0v) is 12.4. The quantitative estimate of drug-likeness (QED) is 0.653. The lowest BCUT2D eigenvalue weighted by atomic mass is 9.97. The molecule has 0 amide bonds. The predicted octanol–water partition coefficient (Wildman–Crippen LogP) is 1.46. The van der Waals surface area contributed by atoms with E-state index in [0.717, 1.165) is 39.0 Å². The van der Waals surface area contributed by atoms with Gasteiger partial charge in [-0.3, -0.25) is 4.57 Å². The molecule has 1 fully saturated rings. The molecule has 2 heterocycles. The average molecular weight is 281 g/mol. The van der Waals surface area contributed by atoms with Gasteiger partial charge in [-0.25, -0.2) is 0 Å². The van der Waals surface area contributed by atoms with Crippen LogP contribution >= 0.6 is 0 Å². The summed E-state index contributed by atoms with van der Waals surface area (Å²) in [6.07, 6.45) is 2.13. The maximum atomic E-state index is 11.1. The van der Waals surface area contributed by atoms with E-state index in [9.17, 15) is 10.1 Å². The fourth-order valence-corrected chi connectivity index (χ4v) is 2.75. The third-order valence-corrected chi connectivity index (χ3v) is 4.04. The number of imidazole rings is 1. The van der Waals surface area contributed by atoms with Gasteiger partial charge in [-0.2, -0.15) is 0 Å². The molecule has 7 heteroatoms. The Morgan fingerprint density at radius 1 is 1.45 bits per heavy atom. The Morgan fingerprint density at radius 3 is 2.65 bits per heavy atom. The van der Waals surface area contributed by atoms with Gasteiger partial charge in [0.25, 0.3) is 0 Å². The van der Waals surface area contributed by atoms with Gasteiger partial charge < -0.3 is 20.3 Å². The minimum absolute atomic E-state index is 0.0184. The lowest BCUT2D eigenvalue weighted by Gasteiger charge is -2.32. The highest BCUT2D eigenvalue weighted by atomic mass is 16.6. The highest BCUT2D eigenvalue weighted by Crippen LogP contribution is 2.31. The van der Waals surface area contributed by atoms with E-state index >= 15 is 0 Å². The van der Waals surface area contributed by atoms with Crippen molar-refractivity contribution >= 4 is 11.6 Å². The summed E-state index contributed by atoms with van der Waals surface area (Å²) in [6, 6.07) is 0. The van der Waals surface area contributed by atoms with Crippen molar-refractivity contribution in [3.8, 4) is 0 Å². The molecule has 0 saturated carbocycles. The van der Waals surface area contributed by atoms with Crippen molar-refractivity contribution in [1.82, 2.24) is 14.9 Å². The molecular formula is C13H23N5O2. The van der Waals surface area contributed by atoms with Crippen LogP contribution in [0.4, 0.5) is 11.6 Å². The monoisotopic (exact) mass is 281 g/mol. The second-order valence-electron chi connectivity index (χ2n) is 5.36. The van der Waals surface area contributed by atoms with Gasteiger partial charge in [-0.15, -0.1) is 0 Å². The largest absolute Gasteiger partial charge is 0.406 e. The number of rotatable bonds is 5. The lowest BCUT2D eigenvalue weighted by molar-refractivity contribution is -0.388. The summed E-state index contributed by atoms with van der Waals surface area (Å²) in [5.74, 6) is 1.98. The standard InChI is InChI=1S/C13H23N5O2/c1-4-14-9-11-5-7-17(8-6-11)13-12(18(19)20)15-10(2)16(13)3/h11,14H,4-9H2,1-3H3. The molecule has 0 aliphatic carbocycles. The molecule has 2 rings (SSSR count). The van der Waals surface area contributed by atoms with Gasteiger partial charge in [0.2, 0.25) is 11.6 Å². The Balaban J connectivity index is 2.09. The Bertz CT molecular complexity index is 477. The van der Waals surface area contributed by atoms with Crippen LogP contribution in [0.2, 0.25) is 0 Å². The van der Waals surface area contributed by atoms with Crippen LogP contribution in [-0.2, 0) is 7.05 Å². The Morgan fingerprint density at radius 2 is 2.10 bits per heavy atom. The third kappa shape index (κ3) is 2.92. The van der Waals surface area contributed by atoms with Gasteiger partial charge in [0.1, 0.15) is 0 Å². The molecule has 1 aliphatic rings. The van der Waals surface area contributed by atoms with E-state index in [1.165, 1.54) is 0 Å². The number of nitrogens with zero attached hydrogens (tertiary/aromatic N) is 4. The molecule has 0 atom stereocenters. The number of hydrogen-bond acceptors (Lipinski definition) is 5. The van der Waals surface area contributed by atoms with E-state index in [0.29, 0.717) is 17.6 Å². The Kier molecular flexibility index (Phi) is 4.59. The van der Waals surface area contributed by atoms with E-state index in [4.69, 9.17) is 0 Å². The van der Waals surface area contributed by atoms with Crippen molar-refractivity contribution in [3.05, 3.63) is 15.9 Å². The van der Waals surface area contributed by atoms with Crippen molar-refractivity contribution in [3.63, 3.8) is 0 Å². The summed E-state index contributed by atoms with van der Waals surface area (Å²) in [7, 11) is 1.84. The number of nitro groups is 1. The second kappa shape index (κ2) is 6.21. The molecule has 0 bridgehead atoms. The van der Waals surface area contributed by atoms with E-state index in [-0.39, 0.29) is 10.7 Å². The van der Waals surface area contributed by atoms with Crippen LogP contribution in [0.25, 0.3) is 0 Å². The maximum Gasteiger partial charge on any atom is 0.406 e. The minimum Gasteiger partial charge on any atom is -0.358 e. The van der Waals surface area contributed by atoms with Crippen LogP contribution in [0.5, 0.6) is 0 Å². The van der Waals surface area contributed by atoms with Crippen LogP contribution in [-0.4, -0.2) is 40.7 Å². The van der Waals surface area contributed by atoms with Crippen LogP contribution in [0.1, 0.15) is 25.6 Å². The molecule has 20 heavy (non-hydrogen) atoms. The molecule has 1 aromatic heterocycles. The molecule has 7 nitrogen and oxygen atoms in total. The number of aromatic nitrogens is 2. The normalized spacial score (nSPS) is 16.6. The molecule has 1 aliphatic heterocycles. The summed E-state index contributed by atoms with van der Waals surface area (Å²) < 4.78 is 1.82. The van der Waals surface area contributed by atoms with Crippen LogP contribution in [0.3, 0.4) is 0 Å². The van der Waals surface area contributed by atoms with E-state index in [1.54, 1.807) is 6.92 Å². The number of piperidine rings is 1. The zero-order valence-electron chi connectivity index (χ0n) is 12.4. The topological polar surface area (TPSA) is 76.2 Å². The van der Waals surface area contributed by atoms with Crippen LogP contribution in [0, 0.1) is 23.0 Å². The Hall–Kier alpha value is -1.63. The highest BCUT2D eigenvalue weighted by molar-refractivity contribution is 5.56. The third-order valence-electron chi connectivity index (χ3n) is 4.04. The number of anilines is 1. The highest BCUT2D eigenvalue weighted by Gasteiger charge is 2.30. The molecule has 0 aromatic carbocycles. The van der Waals surface area contributed by atoms with Crippen molar-refractivity contribution in [2.75, 3.05) is 31.1 Å². The second-order valence-corrected chi connectivity index (χ2v) is 5.36. The van der Waals surface area contributed by atoms with Gasteiger partial charge in [0, 0.05) is 27.1 Å². The summed E-state index contributed by atoms with van der Waals surface area (Å²) in [6.45, 7) is 7.65. The molecule has 112 valence electrons. The molecule has 0 radical (unpaired) electrons. The van der Waals surface area contributed by atoms with Gasteiger partial charge in [-0.1, -0.05) is 6.92 Å². The van der Waals surface area contributed by atoms with E-state index in [1.807, 2.05) is 11.6 Å². The molecule has 1 aromatic rings. The molecule has 0 unspecified atom stereocenters. The SMILES string of the molecule is CCNCC1CCN(c2c([N+](=O)[O-])nc(C)n2C)CC1. The van der Waals surface area contributed by atoms with E-state index in [2.05, 4.69) is 22.1 Å². The average Bonchev–Trinajstić information content (AvgIpc) is 2.74. The first kappa shape index (κ1) is 14.8. The zero-order chi connectivity index (χ0) is 14.7. The summed E-state index contributed by atoms with van der Waals surface area (Å²) in [5, 5.41) is 14.5. The fourth-order valence-electron chi connectivity index (χ4n) is 2.75. The van der Waals surface area contributed by atoms with Crippen molar-refractivity contribution in [2.45, 2.75) is 26.7 Å². The van der Waals surface area contributed by atoms with Gasteiger partial charge in [-0.05, 0) is 41.8 Å². The van der Waals surface area contributed by atoms with Gasteiger partial charge >= 0.3 is 5.82 Å². The smallest absolute Gasteiger partial charge is 0.358 e. The fraction of sp³-hybridized carbons (Fsp3) is 0.769. The van der Waals surface area contributed by atoms with Crippen molar-refractivity contribution in [1.29, 1.82) is 0 Å². The van der Waals surface area contributed by atoms with E-state index < -0.39 is 0 Å². The van der Waals surface area contributed by atoms with Crippen LogP contribution < -0.4 is 10.2 Å². The predicted molar refractivity (Wildman–Crippen MR) is 78.1 cm³/mol. The number of nitrogens with one attached hydrogen (secondary N) is 1. The number of aryl methyl sites for hydroxylation is 1. The van der Waals surface area contributed by atoms with Gasteiger partial charge in [0.15, 0.2) is 0 Å². The van der Waals surface area contributed by atoms with Crippen LogP contribution in [0.15, 0.2) is 0 Å².